The van der Waals surface area contributed by atoms with Gasteiger partial charge in [0.2, 0.25) is 0 Å². The molecule has 4 aromatic heterocycles. The van der Waals surface area contributed by atoms with Crippen molar-refractivity contribution in [3.8, 4) is 0 Å². The molecule has 8 atom stereocenters. The Morgan fingerprint density at radius 3 is 2.69 bits per heavy atom. The molecule has 3 aliphatic heterocycles. The Morgan fingerprint density at radius 2 is 1.89 bits per heavy atom. The second-order valence-electron chi connectivity index (χ2n) is 11.0. The van der Waals surface area contributed by atoms with Gasteiger partial charge in [-0.25, -0.2) is 30.0 Å². The van der Waals surface area contributed by atoms with Gasteiger partial charge in [0.15, 0.2) is 28.9 Å². The molecule has 2 bridgehead atoms. The van der Waals surface area contributed by atoms with E-state index in [9.17, 15) is 23.2 Å². The van der Waals surface area contributed by atoms with Gasteiger partial charge in [-0.1, -0.05) is 0 Å². The number of nitrogens with zero attached hydrogens (tertiary/aromatic N) is 7. The summed E-state index contributed by atoms with van der Waals surface area (Å²) in [4.78, 5) is 47.3. The Morgan fingerprint density at radius 1 is 1.11 bits per heavy atom. The summed E-state index contributed by atoms with van der Waals surface area (Å²) in [7, 11) is -4.16. The third-order valence-corrected chi connectivity index (χ3v) is 11.1. The summed E-state index contributed by atoms with van der Waals surface area (Å²) in [6.45, 7) is -2.88. The van der Waals surface area contributed by atoms with E-state index in [2.05, 4.69) is 35.0 Å². The van der Waals surface area contributed by atoms with Crippen LogP contribution in [-0.2, 0) is 40.1 Å². The van der Waals surface area contributed by atoms with Crippen LogP contribution in [0.5, 0.6) is 0 Å². The largest absolute Gasteiger partial charge is 0.396 e. The zero-order valence-corrected chi connectivity index (χ0v) is 26.1. The average molecular weight is 685 g/mol. The van der Waals surface area contributed by atoms with Crippen LogP contribution in [0.3, 0.4) is 0 Å². The van der Waals surface area contributed by atoms with Gasteiger partial charge in [0.25, 0.3) is 22.3 Å². The minimum absolute atomic E-state index is 0.0395. The second kappa shape index (κ2) is 11.4. The van der Waals surface area contributed by atoms with Crippen molar-refractivity contribution in [3.63, 3.8) is 0 Å². The van der Waals surface area contributed by atoms with Crippen LogP contribution < -0.4 is 16.4 Å². The standard InChI is InChI=1S/C23H29N10O9PS2/c1-10-30-21-17(22(35)31-10)28-9-33(21)23-18-11(6-34)12(40-23)2-3-45(37,38)42-13-4-15(39-14(13)5-29-43(36,44)41-18)32-8-27-16-19(24)25-7-26-20(16)32/h7-9,11-15,18,23,34H,2-6H2,1H3,(H2,24,25,26)(H2,29,36,44)(H,30,31,35). The van der Waals surface area contributed by atoms with Crippen molar-refractivity contribution < 1.29 is 36.6 Å². The van der Waals surface area contributed by atoms with Gasteiger partial charge in [-0.2, -0.15) is 8.42 Å². The van der Waals surface area contributed by atoms with E-state index < -0.39 is 77.5 Å². The zero-order chi connectivity index (χ0) is 31.7. The molecule has 0 spiro atoms. The SMILES string of the molecule is Cc1nc2c(ncn2C2OC3CCS(=O)(=O)OC4CC(n5cnc6c(N)ncnc65)OC4CNP(O)(=S)OC2C3CO)c(=O)[nH]1. The predicted molar refractivity (Wildman–Crippen MR) is 158 cm³/mol. The van der Waals surface area contributed by atoms with Gasteiger partial charge in [-0.05, 0) is 25.2 Å². The molecular formula is C23H29N10O9PS2. The van der Waals surface area contributed by atoms with E-state index in [-0.39, 0.29) is 36.4 Å². The highest BCUT2D eigenvalue weighted by Gasteiger charge is 2.50. The summed E-state index contributed by atoms with van der Waals surface area (Å²) in [6.07, 6.45) is -1.54. The summed E-state index contributed by atoms with van der Waals surface area (Å²) in [5.41, 5.74) is 6.41. The molecule has 3 saturated heterocycles. The number of rotatable bonds is 3. The lowest BCUT2D eigenvalue weighted by atomic mass is 9.97. The fraction of sp³-hybridized carbons (Fsp3) is 0.565. The number of imidazole rings is 2. The first kappa shape index (κ1) is 30.7. The Labute approximate surface area is 259 Å². The molecule has 7 heterocycles. The fourth-order valence-electron chi connectivity index (χ4n) is 6.00. The van der Waals surface area contributed by atoms with E-state index in [1.807, 2.05) is 0 Å². The number of hydrogen-bond donors (Lipinski definition) is 5. The molecule has 3 aliphatic rings. The highest BCUT2D eigenvalue weighted by molar-refractivity contribution is 8.08. The van der Waals surface area contributed by atoms with Crippen molar-refractivity contribution in [1.82, 2.24) is 44.1 Å². The summed E-state index contributed by atoms with van der Waals surface area (Å²) >= 11 is 5.47. The molecule has 19 nitrogen and oxygen atoms in total. The molecule has 242 valence electrons. The number of aromatic nitrogens is 8. The Bertz CT molecular complexity index is 1990. The molecule has 4 aromatic rings. The molecule has 7 rings (SSSR count). The molecule has 6 N–H and O–H groups in total. The van der Waals surface area contributed by atoms with Gasteiger partial charge in [0.1, 0.15) is 42.2 Å². The number of anilines is 1. The van der Waals surface area contributed by atoms with Crippen molar-refractivity contribution in [3.05, 3.63) is 35.2 Å². The van der Waals surface area contributed by atoms with Crippen LogP contribution in [0.1, 0.15) is 31.1 Å². The highest BCUT2D eigenvalue weighted by Crippen LogP contribution is 2.49. The van der Waals surface area contributed by atoms with Gasteiger partial charge in [-0.15, -0.1) is 0 Å². The minimum Gasteiger partial charge on any atom is -0.396 e. The van der Waals surface area contributed by atoms with Gasteiger partial charge < -0.3 is 34.7 Å². The normalized spacial score (nSPS) is 33.9. The molecule has 0 aromatic carbocycles. The molecular weight excluding hydrogens is 655 g/mol. The van der Waals surface area contributed by atoms with Crippen LogP contribution in [0.15, 0.2) is 23.8 Å². The number of aromatic amines is 1. The quantitative estimate of drug-likeness (QED) is 0.127. The number of H-pyrrole nitrogens is 1. The molecule has 22 heteroatoms. The molecule has 45 heavy (non-hydrogen) atoms. The van der Waals surface area contributed by atoms with E-state index >= 15 is 0 Å². The maximum absolute atomic E-state index is 13.3. The van der Waals surface area contributed by atoms with Crippen LogP contribution in [-0.4, -0.2) is 101 Å². The topological polar surface area (TPSA) is 257 Å². The molecule has 0 saturated carbocycles. The average Bonchev–Trinajstić information content (AvgIpc) is 3.74. The minimum atomic E-state index is -4.16. The number of hydrogen-bond acceptors (Lipinski definition) is 15. The van der Waals surface area contributed by atoms with Gasteiger partial charge >= 0.3 is 0 Å². The number of aryl methyl sites for hydroxylation is 1. The lowest BCUT2D eigenvalue weighted by Gasteiger charge is -2.29. The summed E-state index contributed by atoms with van der Waals surface area (Å²) in [5, 5.41) is 13.2. The van der Waals surface area contributed by atoms with Gasteiger partial charge in [0.05, 0.1) is 31.1 Å². The Kier molecular flexibility index (Phi) is 7.75. The van der Waals surface area contributed by atoms with Crippen molar-refractivity contribution in [2.75, 3.05) is 24.6 Å². The van der Waals surface area contributed by atoms with E-state index in [1.165, 1.54) is 23.5 Å². The van der Waals surface area contributed by atoms with E-state index in [0.717, 1.165) is 0 Å². The third-order valence-electron chi connectivity index (χ3n) is 8.09. The predicted octanol–water partition coefficient (Wildman–Crippen LogP) is -1.05. The lowest BCUT2D eigenvalue weighted by Crippen LogP contribution is -2.37. The maximum atomic E-state index is 13.3. The lowest BCUT2D eigenvalue weighted by molar-refractivity contribution is -0.0311. The number of nitrogen functional groups attached to an aromatic ring is 1. The van der Waals surface area contributed by atoms with Gasteiger partial charge in [-0.3, -0.25) is 18.1 Å². The fourth-order valence-corrected chi connectivity index (χ4v) is 8.79. The van der Waals surface area contributed by atoms with Crippen molar-refractivity contribution in [2.45, 2.75) is 56.6 Å². The van der Waals surface area contributed by atoms with Crippen LogP contribution in [0.2, 0.25) is 0 Å². The summed E-state index contributed by atoms with van der Waals surface area (Å²) < 4.78 is 53.8. The van der Waals surface area contributed by atoms with Crippen LogP contribution in [0, 0.1) is 12.8 Å². The first-order valence-corrected chi connectivity index (χ1v) is 18.1. The number of nitrogens with two attached hydrogens (primary N) is 1. The number of fused-ring (bicyclic) bond motifs is 5. The van der Waals surface area contributed by atoms with Crippen LogP contribution in [0.4, 0.5) is 5.82 Å². The monoisotopic (exact) mass is 684 g/mol. The van der Waals surface area contributed by atoms with Crippen LogP contribution in [0.25, 0.3) is 22.3 Å². The number of ether oxygens (including phenoxy) is 2. The number of aliphatic hydroxyl groups excluding tert-OH is 1. The zero-order valence-electron chi connectivity index (χ0n) is 23.5. The number of nitrogens with one attached hydrogen (secondary N) is 2. The van der Waals surface area contributed by atoms with Crippen LogP contribution >= 0.6 is 6.64 Å². The molecule has 0 amide bonds. The van der Waals surface area contributed by atoms with E-state index in [1.54, 1.807) is 11.5 Å². The Hall–Kier alpha value is -2.98. The van der Waals surface area contributed by atoms with E-state index in [0.29, 0.717) is 17.0 Å². The third kappa shape index (κ3) is 5.66. The molecule has 3 fully saturated rings. The summed E-state index contributed by atoms with van der Waals surface area (Å²) in [5.74, 6) is -0.771. The second-order valence-corrected chi connectivity index (χ2v) is 15.7. The molecule has 0 aliphatic carbocycles. The van der Waals surface area contributed by atoms with Gasteiger partial charge in [0, 0.05) is 18.9 Å². The van der Waals surface area contributed by atoms with Crippen molar-refractivity contribution in [1.29, 1.82) is 0 Å². The smallest absolute Gasteiger partial charge is 0.279 e. The number of aliphatic hydroxyl groups is 1. The Balaban J connectivity index is 1.21. The molecule has 8 unspecified atom stereocenters. The molecule has 0 radical (unpaired) electrons. The maximum Gasteiger partial charge on any atom is 0.279 e. The van der Waals surface area contributed by atoms with E-state index in [4.69, 9.17) is 35.7 Å². The van der Waals surface area contributed by atoms with Crippen molar-refractivity contribution >= 4 is 56.7 Å². The first-order chi connectivity index (χ1) is 21.4. The van der Waals surface area contributed by atoms with Crippen molar-refractivity contribution in [2.24, 2.45) is 5.92 Å². The summed E-state index contributed by atoms with van der Waals surface area (Å²) in [6, 6.07) is 0. The first-order valence-electron chi connectivity index (χ1n) is 13.9. The highest BCUT2D eigenvalue weighted by atomic mass is 32.5.